The van der Waals surface area contributed by atoms with E-state index < -0.39 is 11.8 Å². The molecular formula is C20H19N3O3. The Labute approximate surface area is 150 Å². The number of amides is 2. The molecule has 2 heterocycles. The van der Waals surface area contributed by atoms with Crippen LogP contribution in [0.5, 0.6) is 0 Å². The molecule has 2 aromatic rings. The molecule has 1 saturated heterocycles. The largest absolute Gasteiger partial charge is 0.511 e. The SMILES string of the molecule is O=C(Nc1ccc(-c2ccccc2)cc1)C1=C(O)[C@@H]2CNC[C@H]2NC1=O. The fourth-order valence-corrected chi connectivity index (χ4v) is 3.45. The fraction of sp³-hybridized carbons (Fsp3) is 0.200. The Morgan fingerprint density at radius 3 is 2.42 bits per heavy atom. The molecule has 6 heteroatoms. The second-order valence-electron chi connectivity index (χ2n) is 6.50. The zero-order chi connectivity index (χ0) is 18.1. The minimum Gasteiger partial charge on any atom is -0.511 e. The van der Waals surface area contributed by atoms with E-state index >= 15 is 0 Å². The number of carbonyl (C=O) groups excluding carboxylic acids is 2. The van der Waals surface area contributed by atoms with Gasteiger partial charge in [0.25, 0.3) is 11.8 Å². The first-order valence-corrected chi connectivity index (χ1v) is 8.55. The zero-order valence-electron chi connectivity index (χ0n) is 14.0. The second-order valence-corrected chi connectivity index (χ2v) is 6.50. The first-order valence-electron chi connectivity index (χ1n) is 8.55. The lowest BCUT2D eigenvalue weighted by molar-refractivity contribution is -0.123. The molecule has 0 unspecified atom stereocenters. The standard InChI is InChI=1S/C20H19N3O3/c24-18-15-10-21-11-16(15)23-20(26)17(18)19(25)22-14-8-6-13(7-9-14)12-4-2-1-3-5-12/h1-9,15-16,21,24H,10-11H2,(H,22,25)(H,23,26)/t15-,16-/m1/s1. The maximum absolute atomic E-state index is 12.5. The van der Waals surface area contributed by atoms with Crippen molar-refractivity contribution < 1.29 is 14.7 Å². The third-order valence-electron chi connectivity index (χ3n) is 4.84. The monoisotopic (exact) mass is 349 g/mol. The number of rotatable bonds is 3. The molecule has 0 bridgehead atoms. The van der Waals surface area contributed by atoms with Crippen LogP contribution < -0.4 is 16.0 Å². The van der Waals surface area contributed by atoms with Gasteiger partial charge in [-0.2, -0.15) is 0 Å². The topological polar surface area (TPSA) is 90.5 Å². The summed E-state index contributed by atoms with van der Waals surface area (Å²) in [6, 6.07) is 17.1. The summed E-state index contributed by atoms with van der Waals surface area (Å²) < 4.78 is 0. The van der Waals surface area contributed by atoms with Crippen molar-refractivity contribution in [3.8, 4) is 11.1 Å². The minimum absolute atomic E-state index is 0.137. The molecule has 132 valence electrons. The summed E-state index contributed by atoms with van der Waals surface area (Å²) in [6.07, 6.45) is 0. The smallest absolute Gasteiger partial charge is 0.264 e. The van der Waals surface area contributed by atoms with E-state index in [9.17, 15) is 14.7 Å². The number of anilines is 1. The Morgan fingerprint density at radius 1 is 1.00 bits per heavy atom. The molecule has 0 radical (unpaired) electrons. The Morgan fingerprint density at radius 2 is 1.69 bits per heavy atom. The van der Waals surface area contributed by atoms with Crippen LogP contribution in [0.4, 0.5) is 5.69 Å². The Bertz CT molecular complexity index is 875. The third kappa shape index (κ3) is 2.95. The van der Waals surface area contributed by atoms with Crippen molar-refractivity contribution in [2.75, 3.05) is 18.4 Å². The van der Waals surface area contributed by atoms with Crippen LogP contribution in [-0.2, 0) is 9.59 Å². The maximum atomic E-state index is 12.5. The second kappa shape index (κ2) is 6.65. The number of nitrogens with one attached hydrogen (secondary N) is 3. The molecule has 4 rings (SSSR count). The molecule has 0 saturated carbocycles. The normalized spacial score (nSPS) is 21.9. The van der Waals surface area contributed by atoms with E-state index in [2.05, 4.69) is 16.0 Å². The number of benzene rings is 2. The molecule has 0 spiro atoms. The Kier molecular flexibility index (Phi) is 4.18. The number of aliphatic hydroxyl groups excluding tert-OH is 1. The first-order chi connectivity index (χ1) is 12.6. The van der Waals surface area contributed by atoms with Gasteiger partial charge >= 0.3 is 0 Å². The highest BCUT2D eigenvalue weighted by Gasteiger charge is 2.41. The molecule has 26 heavy (non-hydrogen) atoms. The van der Waals surface area contributed by atoms with Gasteiger partial charge in [-0.1, -0.05) is 42.5 Å². The van der Waals surface area contributed by atoms with Crippen molar-refractivity contribution in [2.45, 2.75) is 6.04 Å². The summed E-state index contributed by atoms with van der Waals surface area (Å²) in [5.41, 5.74) is 2.47. The van der Waals surface area contributed by atoms with Gasteiger partial charge in [0.05, 0.1) is 12.0 Å². The molecule has 2 atom stereocenters. The van der Waals surface area contributed by atoms with Crippen molar-refractivity contribution in [1.82, 2.24) is 10.6 Å². The van der Waals surface area contributed by atoms with E-state index in [0.29, 0.717) is 18.8 Å². The van der Waals surface area contributed by atoms with Crippen molar-refractivity contribution in [1.29, 1.82) is 0 Å². The molecule has 0 aliphatic carbocycles. The average Bonchev–Trinajstić information content (AvgIpc) is 3.12. The van der Waals surface area contributed by atoms with Crippen LogP contribution in [0.3, 0.4) is 0 Å². The molecule has 2 aliphatic rings. The number of fused-ring (bicyclic) bond motifs is 1. The van der Waals surface area contributed by atoms with E-state index in [-0.39, 0.29) is 23.3 Å². The summed E-state index contributed by atoms with van der Waals surface area (Å²) in [5.74, 6) is -1.53. The van der Waals surface area contributed by atoms with E-state index in [1.165, 1.54) is 0 Å². The van der Waals surface area contributed by atoms with Crippen molar-refractivity contribution in [3.05, 3.63) is 65.9 Å². The molecule has 0 aromatic heterocycles. The predicted octanol–water partition coefficient (Wildman–Crippen LogP) is 1.82. The van der Waals surface area contributed by atoms with E-state index in [1.54, 1.807) is 12.1 Å². The van der Waals surface area contributed by atoms with E-state index in [0.717, 1.165) is 11.1 Å². The summed E-state index contributed by atoms with van der Waals surface area (Å²) in [5, 5.41) is 18.9. The van der Waals surface area contributed by atoms with Gasteiger partial charge < -0.3 is 21.1 Å². The fourth-order valence-electron chi connectivity index (χ4n) is 3.45. The van der Waals surface area contributed by atoms with Gasteiger partial charge in [-0.05, 0) is 23.3 Å². The number of hydrogen-bond acceptors (Lipinski definition) is 4. The van der Waals surface area contributed by atoms with Gasteiger partial charge in [-0.3, -0.25) is 9.59 Å². The molecule has 1 fully saturated rings. The lowest BCUT2D eigenvalue weighted by Gasteiger charge is -2.26. The van der Waals surface area contributed by atoms with Crippen LogP contribution in [0.1, 0.15) is 0 Å². The molecule has 2 amide bonds. The Balaban J connectivity index is 1.53. The predicted molar refractivity (Wildman–Crippen MR) is 98.5 cm³/mol. The molecule has 4 N–H and O–H groups in total. The Hall–Kier alpha value is -3.12. The highest BCUT2D eigenvalue weighted by atomic mass is 16.3. The molecular weight excluding hydrogens is 330 g/mol. The summed E-state index contributed by atoms with van der Waals surface area (Å²) in [7, 11) is 0. The minimum atomic E-state index is -0.599. The van der Waals surface area contributed by atoms with Gasteiger partial charge in [-0.15, -0.1) is 0 Å². The summed E-state index contributed by atoms with van der Waals surface area (Å²) in [4.78, 5) is 24.7. The quantitative estimate of drug-likeness (QED) is 0.636. The van der Waals surface area contributed by atoms with Crippen molar-refractivity contribution in [2.24, 2.45) is 5.92 Å². The van der Waals surface area contributed by atoms with Crippen LogP contribution >= 0.6 is 0 Å². The van der Waals surface area contributed by atoms with Crippen LogP contribution in [0.2, 0.25) is 0 Å². The van der Waals surface area contributed by atoms with Crippen LogP contribution in [0.15, 0.2) is 65.9 Å². The van der Waals surface area contributed by atoms with Gasteiger partial charge in [0.2, 0.25) is 0 Å². The zero-order valence-corrected chi connectivity index (χ0v) is 14.0. The van der Waals surface area contributed by atoms with Gasteiger partial charge in [-0.25, -0.2) is 0 Å². The highest BCUT2D eigenvalue weighted by Crippen LogP contribution is 2.26. The maximum Gasteiger partial charge on any atom is 0.264 e. The van der Waals surface area contributed by atoms with Gasteiger partial charge in [0.15, 0.2) is 0 Å². The van der Waals surface area contributed by atoms with Crippen LogP contribution in [-0.4, -0.2) is 36.1 Å². The highest BCUT2D eigenvalue weighted by molar-refractivity contribution is 6.23. The number of carbonyl (C=O) groups is 2. The molecule has 6 nitrogen and oxygen atoms in total. The number of aliphatic hydroxyl groups is 1. The van der Waals surface area contributed by atoms with Gasteiger partial charge in [0.1, 0.15) is 11.3 Å². The average molecular weight is 349 g/mol. The van der Waals surface area contributed by atoms with E-state index in [1.807, 2.05) is 42.5 Å². The van der Waals surface area contributed by atoms with Crippen LogP contribution in [0, 0.1) is 5.92 Å². The van der Waals surface area contributed by atoms with Crippen molar-refractivity contribution in [3.63, 3.8) is 0 Å². The lowest BCUT2D eigenvalue weighted by atomic mass is 9.92. The van der Waals surface area contributed by atoms with Crippen molar-refractivity contribution >= 4 is 17.5 Å². The summed E-state index contributed by atoms with van der Waals surface area (Å²) >= 11 is 0. The summed E-state index contributed by atoms with van der Waals surface area (Å²) in [6.45, 7) is 1.13. The van der Waals surface area contributed by atoms with Gasteiger partial charge in [0, 0.05) is 18.8 Å². The lowest BCUT2D eigenvalue weighted by Crippen LogP contribution is -2.48. The molecule has 2 aromatic carbocycles. The molecule has 2 aliphatic heterocycles. The number of hydrogen-bond donors (Lipinski definition) is 4. The third-order valence-corrected chi connectivity index (χ3v) is 4.84. The van der Waals surface area contributed by atoms with E-state index in [4.69, 9.17) is 0 Å². The van der Waals surface area contributed by atoms with Crippen LogP contribution in [0.25, 0.3) is 11.1 Å². The first kappa shape index (κ1) is 16.4.